The summed E-state index contributed by atoms with van der Waals surface area (Å²) in [6.07, 6.45) is 4.93. The van der Waals surface area contributed by atoms with Crippen molar-refractivity contribution in [3.63, 3.8) is 0 Å². The van der Waals surface area contributed by atoms with Gasteiger partial charge in [0.25, 0.3) is 5.91 Å². The van der Waals surface area contributed by atoms with Crippen molar-refractivity contribution < 1.29 is 9.53 Å². The molecule has 1 aliphatic rings. The van der Waals surface area contributed by atoms with Crippen LogP contribution in [0.2, 0.25) is 5.02 Å². The van der Waals surface area contributed by atoms with Gasteiger partial charge in [0.2, 0.25) is 0 Å². The second-order valence-corrected chi connectivity index (χ2v) is 7.61. The molecule has 24 heavy (non-hydrogen) atoms. The Kier molecular flexibility index (Phi) is 5.98. The molecule has 2 aromatic rings. The molecule has 1 aromatic heterocycles. The van der Waals surface area contributed by atoms with Crippen LogP contribution in [0.15, 0.2) is 18.2 Å². The number of hydrogen-bond acceptors (Lipinski definition) is 4. The van der Waals surface area contributed by atoms with Crippen LogP contribution in [-0.2, 0) is 0 Å². The molecule has 2 heterocycles. The second kappa shape index (κ2) is 8.19. The third-order valence-electron chi connectivity index (χ3n) is 4.40. The highest BCUT2D eigenvalue weighted by Gasteiger charge is 2.19. The first kappa shape index (κ1) is 17.5. The van der Waals surface area contributed by atoms with Gasteiger partial charge >= 0.3 is 0 Å². The van der Waals surface area contributed by atoms with E-state index >= 15 is 0 Å². The van der Waals surface area contributed by atoms with E-state index in [4.69, 9.17) is 16.3 Å². The van der Waals surface area contributed by atoms with E-state index in [1.807, 2.05) is 18.2 Å². The predicted molar refractivity (Wildman–Crippen MR) is 101 cm³/mol. The van der Waals surface area contributed by atoms with Crippen molar-refractivity contribution in [2.24, 2.45) is 0 Å². The van der Waals surface area contributed by atoms with Gasteiger partial charge in [0.15, 0.2) is 0 Å². The van der Waals surface area contributed by atoms with Crippen LogP contribution in [0.3, 0.4) is 0 Å². The van der Waals surface area contributed by atoms with Gasteiger partial charge in [-0.15, -0.1) is 11.3 Å². The fraction of sp³-hybridized carbons (Fsp3) is 0.500. The van der Waals surface area contributed by atoms with Crippen molar-refractivity contribution in [2.45, 2.75) is 25.7 Å². The molecule has 130 valence electrons. The van der Waals surface area contributed by atoms with Crippen LogP contribution in [0.4, 0.5) is 0 Å². The van der Waals surface area contributed by atoms with Crippen molar-refractivity contribution in [3.8, 4) is 5.75 Å². The number of hydrogen-bond donors (Lipinski definition) is 1. The molecule has 1 saturated heterocycles. The lowest BCUT2D eigenvalue weighted by Gasteiger charge is -2.26. The Balaban J connectivity index is 1.59. The standard InChI is InChI=1S/C18H23ClN2O2S/c1-23-16-14-12-13(19)6-7-15(14)24-17(16)18(22)20-8-5-11-21-9-3-2-4-10-21/h6-7,12H,2-5,8-11H2,1H3,(H,20,22). The maximum absolute atomic E-state index is 12.5. The zero-order valence-electron chi connectivity index (χ0n) is 13.9. The van der Waals surface area contributed by atoms with Crippen LogP contribution in [0, 0.1) is 0 Å². The summed E-state index contributed by atoms with van der Waals surface area (Å²) in [6.45, 7) is 4.13. The number of carbonyl (C=O) groups is 1. The third kappa shape index (κ3) is 4.02. The van der Waals surface area contributed by atoms with Gasteiger partial charge in [-0.3, -0.25) is 4.79 Å². The van der Waals surface area contributed by atoms with Gasteiger partial charge in [0.1, 0.15) is 10.6 Å². The molecular formula is C18H23ClN2O2S. The van der Waals surface area contributed by atoms with Crippen LogP contribution in [0.1, 0.15) is 35.4 Å². The minimum atomic E-state index is -0.0668. The molecule has 4 nitrogen and oxygen atoms in total. The molecule has 0 bridgehead atoms. The number of rotatable bonds is 6. The summed E-state index contributed by atoms with van der Waals surface area (Å²) in [5.41, 5.74) is 0. The highest BCUT2D eigenvalue weighted by molar-refractivity contribution is 7.21. The van der Waals surface area contributed by atoms with Gasteiger partial charge in [-0.2, -0.15) is 0 Å². The maximum atomic E-state index is 12.5. The van der Waals surface area contributed by atoms with Crippen LogP contribution >= 0.6 is 22.9 Å². The lowest BCUT2D eigenvalue weighted by Crippen LogP contribution is -2.33. The molecule has 1 aromatic carbocycles. The molecule has 0 atom stereocenters. The van der Waals surface area contributed by atoms with Gasteiger partial charge in [-0.25, -0.2) is 0 Å². The number of likely N-dealkylation sites (tertiary alicyclic amines) is 1. The molecule has 6 heteroatoms. The van der Waals surface area contributed by atoms with Crippen LogP contribution in [0.5, 0.6) is 5.75 Å². The third-order valence-corrected chi connectivity index (χ3v) is 5.79. The summed E-state index contributed by atoms with van der Waals surface area (Å²) in [6, 6.07) is 5.61. The van der Waals surface area contributed by atoms with E-state index in [1.54, 1.807) is 7.11 Å². The van der Waals surface area contributed by atoms with Crippen LogP contribution in [0.25, 0.3) is 10.1 Å². The van der Waals surface area contributed by atoms with Gasteiger partial charge < -0.3 is 15.0 Å². The molecule has 1 N–H and O–H groups in total. The van der Waals surface area contributed by atoms with E-state index in [1.165, 1.54) is 43.7 Å². The molecule has 1 amide bonds. The Morgan fingerprint density at radius 1 is 1.33 bits per heavy atom. The van der Waals surface area contributed by atoms with Crippen molar-refractivity contribution in [3.05, 3.63) is 28.1 Å². The number of amides is 1. The monoisotopic (exact) mass is 366 g/mol. The molecule has 1 fully saturated rings. The minimum Gasteiger partial charge on any atom is -0.494 e. The number of nitrogens with one attached hydrogen (secondary N) is 1. The second-order valence-electron chi connectivity index (χ2n) is 6.12. The summed E-state index contributed by atoms with van der Waals surface area (Å²) in [5.74, 6) is 0.550. The number of benzene rings is 1. The van der Waals surface area contributed by atoms with Crippen molar-refractivity contribution >= 4 is 38.9 Å². The van der Waals surface area contributed by atoms with Gasteiger partial charge in [0, 0.05) is 21.7 Å². The Hall–Kier alpha value is -1.30. The largest absolute Gasteiger partial charge is 0.494 e. The van der Waals surface area contributed by atoms with Crippen LogP contribution in [-0.4, -0.2) is 44.1 Å². The van der Waals surface area contributed by atoms with Crippen molar-refractivity contribution in [1.82, 2.24) is 10.2 Å². The molecule has 0 spiro atoms. The van der Waals surface area contributed by atoms with Crippen molar-refractivity contribution in [1.29, 1.82) is 0 Å². The fourth-order valence-corrected chi connectivity index (χ4v) is 4.41. The van der Waals surface area contributed by atoms with E-state index in [0.717, 1.165) is 23.1 Å². The summed E-state index contributed by atoms with van der Waals surface area (Å²) in [4.78, 5) is 15.6. The lowest BCUT2D eigenvalue weighted by molar-refractivity contribution is 0.0952. The topological polar surface area (TPSA) is 41.6 Å². The van der Waals surface area contributed by atoms with Crippen LogP contribution < -0.4 is 10.1 Å². The number of piperidine rings is 1. The number of thiophene rings is 1. The molecule has 1 aliphatic heterocycles. The highest BCUT2D eigenvalue weighted by Crippen LogP contribution is 2.38. The van der Waals surface area contributed by atoms with E-state index in [2.05, 4.69) is 10.2 Å². The predicted octanol–water partition coefficient (Wildman–Crippen LogP) is 4.17. The summed E-state index contributed by atoms with van der Waals surface area (Å²) < 4.78 is 6.47. The fourth-order valence-electron chi connectivity index (χ4n) is 3.17. The van der Waals surface area contributed by atoms with E-state index in [9.17, 15) is 4.79 Å². The molecule has 0 saturated carbocycles. The number of fused-ring (bicyclic) bond motifs is 1. The van der Waals surface area contributed by atoms with E-state index in [-0.39, 0.29) is 5.91 Å². The number of carbonyl (C=O) groups excluding carboxylic acids is 1. The zero-order chi connectivity index (χ0) is 16.9. The first-order valence-electron chi connectivity index (χ1n) is 8.45. The molecule has 3 rings (SSSR count). The Labute approximate surface area is 151 Å². The quantitative estimate of drug-likeness (QED) is 0.780. The summed E-state index contributed by atoms with van der Waals surface area (Å²) in [5, 5.41) is 4.56. The molecular weight excluding hydrogens is 344 g/mol. The normalized spacial score (nSPS) is 15.6. The highest BCUT2D eigenvalue weighted by atomic mass is 35.5. The number of halogens is 1. The Bertz CT molecular complexity index is 710. The first-order chi connectivity index (χ1) is 11.7. The Morgan fingerprint density at radius 2 is 2.12 bits per heavy atom. The SMILES string of the molecule is COc1c(C(=O)NCCCN2CCCCC2)sc2ccc(Cl)cc12. The number of methoxy groups -OCH3 is 1. The van der Waals surface area contributed by atoms with E-state index < -0.39 is 0 Å². The smallest absolute Gasteiger partial charge is 0.265 e. The summed E-state index contributed by atoms with van der Waals surface area (Å²) >= 11 is 7.50. The average Bonchev–Trinajstić information content (AvgIpc) is 2.97. The summed E-state index contributed by atoms with van der Waals surface area (Å²) in [7, 11) is 1.59. The maximum Gasteiger partial charge on any atom is 0.265 e. The van der Waals surface area contributed by atoms with Gasteiger partial charge in [-0.05, 0) is 57.1 Å². The first-order valence-corrected chi connectivity index (χ1v) is 9.65. The molecule has 0 radical (unpaired) electrons. The van der Waals surface area contributed by atoms with E-state index in [0.29, 0.717) is 22.2 Å². The lowest BCUT2D eigenvalue weighted by atomic mass is 10.1. The van der Waals surface area contributed by atoms with Gasteiger partial charge in [0.05, 0.1) is 7.11 Å². The number of ether oxygens (including phenoxy) is 1. The van der Waals surface area contributed by atoms with Crippen molar-refractivity contribution in [2.75, 3.05) is 33.3 Å². The van der Waals surface area contributed by atoms with Gasteiger partial charge in [-0.1, -0.05) is 18.0 Å². The Morgan fingerprint density at radius 3 is 2.88 bits per heavy atom. The molecule has 0 unspecified atom stereocenters. The number of nitrogens with zero attached hydrogens (tertiary/aromatic N) is 1. The molecule has 0 aliphatic carbocycles. The minimum absolute atomic E-state index is 0.0668. The zero-order valence-corrected chi connectivity index (χ0v) is 15.5. The average molecular weight is 367 g/mol.